The van der Waals surface area contributed by atoms with E-state index in [4.69, 9.17) is 9.47 Å². The minimum Gasteiger partial charge on any atom is -0.376 e. The zero-order valence-electron chi connectivity index (χ0n) is 9.52. The summed E-state index contributed by atoms with van der Waals surface area (Å²) in [7, 11) is 0. The molecule has 0 amide bonds. The van der Waals surface area contributed by atoms with E-state index in [1.165, 1.54) is 0 Å². The first-order valence-corrected chi connectivity index (χ1v) is 6.55. The summed E-state index contributed by atoms with van der Waals surface area (Å²) in [6.45, 7) is 6.08. The SMILES string of the molecule is CC(C)n1c(CBr)nnc1C1COCCO1. The van der Waals surface area contributed by atoms with E-state index in [0.717, 1.165) is 11.6 Å². The molecule has 6 heteroatoms. The Morgan fingerprint density at radius 3 is 2.81 bits per heavy atom. The molecule has 16 heavy (non-hydrogen) atoms. The average molecular weight is 290 g/mol. The smallest absolute Gasteiger partial charge is 0.164 e. The lowest BCUT2D eigenvalue weighted by atomic mass is 10.3. The number of hydrogen-bond acceptors (Lipinski definition) is 4. The average Bonchev–Trinajstić information content (AvgIpc) is 2.73. The van der Waals surface area contributed by atoms with Gasteiger partial charge in [0.25, 0.3) is 0 Å². The van der Waals surface area contributed by atoms with Crippen LogP contribution in [0, 0.1) is 0 Å². The fraction of sp³-hybridized carbons (Fsp3) is 0.800. The lowest BCUT2D eigenvalue weighted by Crippen LogP contribution is -2.25. The zero-order chi connectivity index (χ0) is 11.5. The van der Waals surface area contributed by atoms with Gasteiger partial charge in [-0.05, 0) is 13.8 Å². The van der Waals surface area contributed by atoms with Gasteiger partial charge in [-0.25, -0.2) is 0 Å². The van der Waals surface area contributed by atoms with Crippen molar-refractivity contribution in [2.45, 2.75) is 31.3 Å². The van der Waals surface area contributed by atoms with Crippen molar-refractivity contribution in [3.05, 3.63) is 11.6 Å². The van der Waals surface area contributed by atoms with E-state index in [-0.39, 0.29) is 6.10 Å². The van der Waals surface area contributed by atoms with Crippen LogP contribution >= 0.6 is 15.9 Å². The van der Waals surface area contributed by atoms with Crippen LogP contribution in [0.15, 0.2) is 0 Å². The molecule has 0 aromatic carbocycles. The molecule has 1 aromatic rings. The van der Waals surface area contributed by atoms with Gasteiger partial charge < -0.3 is 14.0 Å². The van der Waals surface area contributed by atoms with Crippen molar-refractivity contribution in [1.29, 1.82) is 0 Å². The van der Waals surface area contributed by atoms with Crippen LogP contribution in [0.4, 0.5) is 0 Å². The van der Waals surface area contributed by atoms with Crippen molar-refractivity contribution in [3.8, 4) is 0 Å². The van der Waals surface area contributed by atoms with Crippen LogP contribution in [0.5, 0.6) is 0 Å². The molecule has 1 saturated heterocycles. The van der Waals surface area contributed by atoms with Crippen LogP contribution in [-0.2, 0) is 14.8 Å². The summed E-state index contributed by atoms with van der Waals surface area (Å²) in [6, 6.07) is 0.322. The number of aromatic nitrogens is 3. The first-order valence-electron chi connectivity index (χ1n) is 5.43. The van der Waals surface area contributed by atoms with Crippen molar-refractivity contribution < 1.29 is 9.47 Å². The summed E-state index contributed by atoms with van der Waals surface area (Å²) >= 11 is 3.42. The fourth-order valence-electron chi connectivity index (χ4n) is 1.85. The van der Waals surface area contributed by atoms with Crippen LogP contribution in [0.25, 0.3) is 0 Å². The Bertz CT molecular complexity index is 348. The quantitative estimate of drug-likeness (QED) is 0.797. The fourth-order valence-corrected chi connectivity index (χ4v) is 2.23. The second-order valence-corrected chi connectivity index (χ2v) is 4.57. The van der Waals surface area contributed by atoms with Crippen LogP contribution in [0.2, 0.25) is 0 Å². The first-order chi connectivity index (χ1) is 7.74. The molecule has 1 unspecified atom stereocenters. The van der Waals surface area contributed by atoms with Gasteiger partial charge in [0.1, 0.15) is 11.9 Å². The molecule has 2 rings (SSSR count). The predicted octanol–water partition coefficient (Wildman–Crippen LogP) is 1.84. The maximum Gasteiger partial charge on any atom is 0.164 e. The van der Waals surface area contributed by atoms with Gasteiger partial charge in [-0.1, -0.05) is 15.9 Å². The van der Waals surface area contributed by atoms with Crippen molar-refractivity contribution in [1.82, 2.24) is 14.8 Å². The molecule has 0 bridgehead atoms. The molecule has 1 fully saturated rings. The molecule has 5 nitrogen and oxygen atoms in total. The second-order valence-electron chi connectivity index (χ2n) is 4.01. The van der Waals surface area contributed by atoms with Gasteiger partial charge in [0, 0.05) is 6.04 Å². The second kappa shape index (κ2) is 5.25. The molecular weight excluding hydrogens is 274 g/mol. The Kier molecular flexibility index (Phi) is 3.94. The maximum absolute atomic E-state index is 5.65. The third kappa shape index (κ3) is 2.28. The van der Waals surface area contributed by atoms with E-state index in [1.807, 2.05) is 0 Å². The highest BCUT2D eigenvalue weighted by Crippen LogP contribution is 2.23. The van der Waals surface area contributed by atoms with Crippen molar-refractivity contribution in [3.63, 3.8) is 0 Å². The Morgan fingerprint density at radius 1 is 1.44 bits per heavy atom. The number of ether oxygens (including phenoxy) is 2. The molecule has 1 aromatic heterocycles. The van der Waals surface area contributed by atoms with Gasteiger partial charge >= 0.3 is 0 Å². The van der Waals surface area contributed by atoms with Gasteiger partial charge in [0.2, 0.25) is 0 Å². The highest BCUT2D eigenvalue weighted by molar-refractivity contribution is 9.08. The van der Waals surface area contributed by atoms with Gasteiger partial charge in [-0.15, -0.1) is 10.2 Å². The Balaban J connectivity index is 2.28. The summed E-state index contributed by atoms with van der Waals surface area (Å²) in [5.41, 5.74) is 0. The number of nitrogens with zero attached hydrogens (tertiary/aromatic N) is 3. The molecule has 0 saturated carbocycles. The van der Waals surface area contributed by atoms with E-state index in [0.29, 0.717) is 31.2 Å². The maximum atomic E-state index is 5.65. The summed E-state index contributed by atoms with van der Waals surface area (Å²) in [4.78, 5) is 0. The zero-order valence-corrected chi connectivity index (χ0v) is 11.1. The van der Waals surface area contributed by atoms with Gasteiger partial charge in [0.15, 0.2) is 5.82 Å². The highest BCUT2D eigenvalue weighted by Gasteiger charge is 2.25. The first kappa shape index (κ1) is 12.0. The number of halogens is 1. The lowest BCUT2D eigenvalue weighted by Gasteiger charge is -2.24. The molecule has 2 heterocycles. The summed E-state index contributed by atoms with van der Waals surface area (Å²) < 4.78 is 13.2. The van der Waals surface area contributed by atoms with E-state index >= 15 is 0 Å². The standard InChI is InChI=1S/C10H16BrN3O2/c1-7(2)14-9(5-11)12-13-10(14)8-6-15-3-4-16-8/h7-8H,3-6H2,1-2H3. The van der Waals surface area contributed by atoms with Gasteiger partial charge in [0.05, 0.1) is 25.2 Å². The predicted molar refractivity (Wildman–Crippen MR) is 62.6 cm³/mol. The normalized spacial score (nSPS) is 21.6. The van der Waals surface area contributed by atoms with Gasteiger partial charge in [-0.3, -0.25) is 0 Å². The Hall–Kier alpha value is -0.460. The topological polar surface area (TPSA) is 49.2 Å². The molecule has 0 spiro atoms. The minimum absolute atomic E-state index is 0.0866. The molecule has 1 aliphatic rings. The lowest BCUT2D eigenvalue weighted by molar-refractivity contribution is -0.0950. The van der Waals surface area contributed by atoms with Crippen LogP contribution in [-0.4, -0.2) is 34.6 Å². The van der Waals surface area contributed by atoms with Gasteiger partial charge in [-0.2, -0.15) is 0 Å². The molecule has 1 atom stereocenters. The van der Waals surface area contributed by atoms with Crippen molar-refractivity contribution in [2.75, 3.05) is 19.8 Å². The molecule has 0 N–H and O–H groups in total. The Morgan fingerprint density at radius 2 is 2.25 bits per heavy atom. The number of alkyl halides is 1. The molecular formula is C10H16BrN3O2. The minimum atomic E-state index is -0.0866. The van der Waals surface area contributed by atoms with E-state index in [2.05, 4.69) is 44.5 Å². The van der Waals surface area contributed by atoms with Crippen molar-refractivity contribution >= 4 is 15.9 Å². The van der Waals surface area contributed by atoms with E-state index in [9.17, 15) is 0 Å². The largest absolute Gasteiger partial charge is 0.376 e. The van der Waals surface area contributed by atoms with E-state index < -0.39 is 0 Å². The Labute approximate surface area is 103 Å². The van der Waals surface area contributed by atoms with Crippen LogP contribution in [0.1, 0.15) is 37.6 Å². The third-order valence-electron chi connectivity index (χ3n) is 2.53. The molecule has 0 radical (unpaired) electrons. The van der Waals surface area contributed by atoms with E-state index in [1.54, 1.807) is 0 Å². The number of rotatable bonds is 3. The summed E-state index contributed by atoms with van der Waals surface area (Å²) in [5, 5.41) is 9.07. The van der Waals surface area contributed by atoms with Crippen LogP contribution in [0.3, 0.4) is 0 Å². The molecule has 0 aliphatic carbocycles. The highest BCUT2D eigenvalue weighted by atomic mass is 79.9. The van der Waals surface area contributed by atoms with Crippen molar-refractivity contribution in [2.24, 2.45) is 0 Å². The summed E-state index contributed by atoms with van der Waals surface area (Å²) in [5.74, 6) is 1.79. The molecule has 90 valence electrons. The third-order valence-corrected chi connectivity index (χ3v) is 3.03. The van der Waals surface area contributed by atoms with Crippen LogP contribution < -0.4 is 0 Å². The molecule has 1 aliphatic heterocycles. The number of hydrogen-bond donors (Lipinski definition) is 0. The monoisotopic (exact) mass is 289 g/mol. The summed E-state index contributed by atoms with van der Waals surface area (Å²) in [6.07, 6.45) is -0.0866.